The lowest BCUT2D eigenvalue weighted by atomic mass is 9.90. The number of piperidine rings is 1. The van der Waals surface area contributed by atoms with E-state index in [1.807, 2.05) is 24.8 Å². The Bertz CT molecular complexity index is 577. The molecule has 1 amide bonds. The van der Waals surface area contributed by atoms with Crippen molar-refractivity contribution in [3.05, 3.63) is 35.6 Å². The zero-order valence-corrected chi connectivity index (χ0v) is 15.3. The fourth-order valence-electron chi connectivity index (χ4n) is 4.02. The number of ether oxygens (including phenoxy) is 1. The summed E-state index contributed by atoms with van der Waals surface area (Å²) in [4.78, 5) is 16.8. The van der Waals surface area contributed by atoms with Gasteiger partial charge in [-0.05, 0) is 69.8 Å². The first-order valence-corrected chi connectivity index (χ1v) is 9.39. The number of hydrogen-bond donors (Lipinski definition) is 0. The molecule has 1 aromatic carbocycles. The highest BCUT2D eigenvalue weighted by Gasteiger charge is 2.28. The smallest absolute Gasteiger partial charge is 0.236 e. The molecule has 0 saturated carbocycles. The molecular weight excluding hydrogens is 319 g/mol. The van der Waals surface area contributed by atoms with Crippen LogP contribution in [0.2, 0.25) is 0 Å². The summed E-state index contributed by atoms with van der Waals surface area (Å²) in [6, 6.07) is 6.91. The predicted molar refractivity (Wildman–Crippen MR) is 95.9 cm³/mol. The monoisotopic (exact) mass is 348 g/mol. The summed E-state index contributed by atoms with van der Waals surface area (Å²) in [7, 11) is 0. The van der Waals surface area contributed by atoms with Crippen molar-refractivity contribution in [1.29, 1.82) is 0 Å². The van der Waals surface area contributed by atoms with Crippen LogP contribution in [0, 0.1) is 11.7 Å². The topological polar surface area (TPSA) is 32.8 Å². The van der Waals surface area contributed by atoms with Gasteiger partial charge in [-0.3, -0.25) is 9.69 Å². The van der Waals surface area contributed by atoms with Crippen LogP contribution in [0.15, 0.2) is 24.3 Å². The molecule has 2 unspecified atom stereocenters. The van der Waals surface area contributed by atoms with Gasteiger partial charge in [0.25, 0.3) is 0 Å². The molecule has 2 heterocycles. The van der Waals surface area contributed by atoms with Gasteiger partial charge in [-0.2, -0.15) is 0 Å². The van der Waals surface area contributed by atoms with Gasteiger partial charge in [-0.25, -0.2) is 4.39 Å². The first kappa shape index (κ1) is 18.3. The third-order valence-corrected chi connectivity index (χ3v) is 5.25. The number of carbonyl (C=O) groups is 1. The number of likely N-dealkylation sites (tertiary alicyclic amines) is 1. The average Bonchev–Trinajstić information content (AvgIpc) is 2.56. The van der Waals surface area contributed by atoms with E-state index in [9.17, 15) is 9.18 Å². The second-order valence-electron chi connectivity index (χ2n) is 7.61. The van der Waals surface area contributed by atoms with E-state index in [4.69, 9.17) is 4.74 Å². The number of benzene rings is 1. The molecule has 0 N–H and O–H groups in total. The van der Waals surface area contributed by atoms with Gasteiger partial charge in [0.15, 0.2) is 0 Å². The Morgan fingerprint density at radius 1 is 1.20 bits per heavy atom. The van der Waals surface area contributed by atoms with E-state index >= 15 is 0 Å². The summed E-state index contributed by atoms with van der Waals surface area (Å²) >= 11 is 0. The van der Waals surface area contributed by atoms with Crippen LogP contribution in [0.5, 0.6) is 0 Å². The molecule has 3 rings (SSSR count). The molecule has 2 fully saturated rings. The molecule has 2 aliphatic rings. The number of halogens is 1. The molecule has 2 aliphatic heterocycles. The van der Waals surface area contributed by atoms with Crippen molar-refractivity contribution in [1.82, 2.24) is 9.80 Å². The molecule has 0 aromatic heterocycles. The maximum Gasteiger partial charge on any atom is 0.236 e. The highest BCUT2D eigenvalue weighted by Crippen LogP contribution is 2.22. The zero-order valence-electron chi connectivity index (χ0n) is 15.3. The maximum atomic E-state index is 13.3. The molecule has 25 heavy (non-hydrogen) atoms. The number of nitrogens with zero attached hydrogens (tertiary/aromatic N) is 2. The van der Waals surface area contributed by atoms with Gasteiger partial charge >= 0.3 is 0 Å². The van der Waals surface area contributed by atoms with Crippen molar-refractivity contribution >= 4 is 5.91 Å². The standard InChI is InChI=1S/C20H29FN2O2/c1-15-12-23(13-16(2)25-15)20(24)14-22-8-6-17(7-9-22)10-18-4-3-5-19(21)11-18/h3-5,11,15-17H,6-10,12-14H2,1-2H3. The Balaban J connectivity index is 1.43. The second-order valence-corrected chi connectivity index (χ2v) is 7.61. The van der Waals surface area contributed by atoms with Gasteiger partial charge in [-0.1, -0.05) is 12.1 Å². The minimum atomic E-state index is -0.158. The number of hydrogen-bond acceptors (Lipinski definition) is 3. The van der Waals surface area contributed by atoms with Crippen LogP contribution in [0.25, 0.3) is 0 Å². The molecule has 2 atom stereocenters. The van der Waals surface area contributed by atoms with Crippen LogP contribution in [-0.4, -0.2) is 60.6 Å². The summed E-state index contributed by atoms with van der Waals surface area (Å²) in [5.74, 6) is 0.636. The Kier molecular flexibility index (Phi) is 6.07. The van der Waals surface area contributed by atoms with Gasteiger partial charge in [0.05, 0.1) is 18.8 Å². The van der Waals surface area contributed by atoms with Crippen molar-refractivity contribution in [2.24, 2.45) is 5.92 Å². The van der Waals surface area contributed by atoms with E-state index < -0.39 is 0 Å². The lowest BCUT2D eigenvalue weighted by Gasteiger charge is -2.37. The van der Waals surface area contributed by atoms with Crippen molar-refractivity contribution in [2.45, 2.75) is 45.3 Å². The van der Waals surface area contributed by atoms with Crippen molar-refractivity contribution in [3.8, 4) is 0 Å². The van der Waals surface area contributed by atoms with Crippen molar-refractivity contribution in [2.75, 3.05) is 32.7 Å². The minimum Gasteiger partial charge on any atom is -0.372 e. The molecule has 2 saturated heterocycles. The van der Waals surface area contributed by atoms with Gasteiger partial charge in [-0.15, -0.1) is 0 Å². The van der Waals surface area contributed by atoms with Crippen LogP contribution in [0.4, 0.5) is 4.39 Å². The quantitative estimate of drug-likeness (QED) is 0.839. The molecule has 0 aliphatic carbocycles. The Morgan fingerprint density at radius 2 is 1.88 bits per heavy atom. The van der Waals surface area contributed by atoms with Crippen LogP contribution >= 0.6 is 0 Å². The third-order valence-electron chi connectivity index (χ3n) is 5.25. The molecular formula is C20H29FN2O2. The Hall–Kier alpha value is -1.46. The minimum absolute atomic E-state index is 0.115. The van der Waals surface area contributed by atoms with E-state index in [1.165, 1.54) is 6.07 Å². The van der Waals surface area contributed by atoms with E-state index in [0.717, 1.165) is 37.9 Å². The summed E-state index contributed by atoms with van der Waals surface area (Å²) in [5, 5.41) is 0. The Morgan fingerprint density at radius 3 is 2.52 bits per heavy atom. The average molecular weight is 348 g/mol. The zero-order chi connectivity index (χ0) is 17.8. The molecule has 0 bridgehead atoms. The van der Waals surface area contributed by atoms with Crippen molar-refractivity contribution < 1.29 is 13.9 Å². The predicted octanol–water partition coefficient (Wildman–Crippen LogP) is 2.72. The van der Waals surface area contributed by atoms with E-state index in [0.29, 0.717) is 25.6 Å². The van der Waals surface area contributed by atoms with Gasteiger partial charge < -0.3 is 9.64 Å². The largest absolute Gasteiger partial charge is 0.372 e. The van der Waals surface area contributed by atoms with Crippen LogP contribution in [0.3, 0.4) is 0 Å². The van der Waals surface area contributed by atoms with Gasteiger partial charge in [0.2, 0.25) is 5.91 Å². The fourth-order valence-corrected chi connectivity index (χ4v) is 4.02. The highest BCUT2D eigenvalue weighted by molar-refractivity contribution is 5.78. The molecule has 0 spiro atoms. The summed E-state index contributed by atoms with van der Waals surface area (Å²) in [5.41, 5.74) is 1.07. The number of morpholine rings is 1. The van der Waals surface area contributed by atoms with Crippen molar-refractivity contribution in [3.63, 3.8) is 0 Å². The van der Waals surface area contributed by atoms with Crippen LogP contribution in [-0.2, 0) is 16.0 Å². The van der Waals surface area contributed by atoms with Gasteiger partial charge in [0, 0.05) is 13.1 Å². The van der Waals surface area contributed by atoms with E-state index in [1.54, 1.807) is 12.1 Å². The van der Waals surface area contributed by atoms with E-state index in [-0.39, 0.29) is 23.9 Å². The van der Waals surface area contributed by atoms with Crippen LogP contribution < -0.4 is 0 Å². The Labute approximate surface area is 149 Å². The number of amides is 1. The lowest BCUT2D eigenvalue weighted by molar-refractivity contribution is -0.144. The highest BCUT2D eigenvalue weighted by atomic mass is 19.1. The SMILES string of the molecule is CC1CN(C(=O)CN2CCC(Cc3cccc(F)c3)CC2)CC(C)O1. The third kappa shape index (κ3) is 5.25. The second kappa shape index (κ2) is 8.28. The number of carbonyl (C=O) groups excluding carboxylic acids is 1. The van der Waals surface area contributed by atoms with Gasteiger partial charge in [0.1, 0.15) is 5.82 Å². The fraction of sp³-hybridized carbons (Fsp3) is 0.650. The summed E-state index contributed by atoms with van der Waals surface area (Å²) < 4.78 is 19.0. The normalized spacial score (nSPS) is 26.0. The molecule has 138 valence electrons. The molecule has 4 nitrogen and oxygen atoms in total. The first-order valence-electron chi connectivity index (χ1n) is 9.39. The van der Waals surface area contributed by atoms with E-state index in [2.05, 4.69) is 4.90 Å². The molecule has 0 radical (unpaired) electrons. The first-order chi connectivity index (χ1) is 12.0. The maximum absolute atomic E-state index is 13.3. The summed E-state index contributed by atoms with van der Waals surface area (Å²) in [6.07, 6.45) is 3.30. The summed E-state index contributed by atoms with van der Waals surface area (Å²) in [6.45, 7) is 7.83. The number of rotatable bonds is 4. The lowest BCUT2D eigenvalue weighted by Crippen LogP contribution is -2.51. The van der Waals surface area contributed by atoms with Crippen LogP contribution in [0.1, 0.15) is 32.3 Å². The molecule has 1 aromatic rings. The molecule has 5 heteroatoms.